The van der Waals surface area contributed by atoms with E-state index in [2.05, 4.69) is 25.5 Å². The number of β-amino-alcohol motifs (C(OH)–C–C–N with tert-alkyl or cyclic N) is 1. The molecule has 6 heterocycles. The molecule has 1 fully saturated rings. The Kier molecular flexibility index (Phi) is 7.13. The fraction of sp³-hybridized carbons (Fsp3) is 0.440. The highest BCUT2D eigenvalue weighted by molar-refractivity contribution is 5.94. The third-order valence-electron chi connectivity index (χ3n) is 7.30. The maximum atomic E-state index is 14.4. The summed E-state index contributed by atoms with van der Waals surface area (Å²) in [5.41, 5.74) is 2.36. The summed E-state index contributed by atoms with van der Waals surface area (Å²) in [6.45, 7) is 2.26. The van der Waals surface area contributed by atoms with Gasteiger partial charge in [0.25, 0.3) is 11.5 Å². The number of aliphatic hydroxyl groups is 1. The Labute approximate surface area is 218 Å². The van der Waals surface area contributed by atoms with Gasteiger partial charge in [0.05, 0.1) is 35.1 Å². The molecule has 1 unspecified atom stereocenters. The molecule has 0 radical (unpaired) electrons. The van der Waals surface area contributed by atoms with E-state index < -0.39 is 6.10 Å². The molecule has 6 rings (SSSR count). The van der Waals surface area contributed by atoms with Gasteiger partial charge in [0.1, 0.15) is 5.82 Å². The van der Waals surface area contributed by atoms with Gasteiger partial charge in [-0.25, -0.2) is 9.37 Å². The van der Waals surface area contributed by atoms with Crippen molar-refractivity contribution >= 4 is 35.2 Å². The van der Waals surface area contributed by atoms with E-state index in [1.165, 1.54) is 12.3 Å². The Bertz CT molecular complexity index is 1400. The average molecular weight is 531 g/mol. The number of ether oxygens (including phenoxy) is 1. The zero-order valence-corrected chi connectivity index (χ0v) is 20.8. The van der Waals surface area contributed by atoms with Crippen LogP contribution in [-0.2, 0) is 17.8 Å². The van der Waals surface area contributed by atoms with Crippen LogP contribution in [0.5, 0.6) is 5.75 Å². The molecule has 3 atom stereocenters. The molecule has 3 aromatic heterocycles. The van der Waals surface area contributed by atoms with Gasteiger partial charge in [-0.15, -0.1) is 12.4 Å². The normalized spacial score (nSPS) is 23.1. The summed E-state index contributed by atoms with van der Waals surface area (Å²) >= 11 is 0. The molecule has 3 aliphatic heterocycles. The van der Waals surface area contributed by atoms with Crippen LogP contribution in [0, 0.1) is 5.82 Å². The number of aryl methyl sites for hydroxylation is 1. The van der Waals surface area contributed by atoms with Crippen LogP contribution in [0.3, 0.4) is 0 Å². The molecular formula is C25H28ClFN6O4. The van der Waals surface area contributed by atoms with Crippen LogP contribution in [0.1, 0.15) is 30.1 Å². The van der Waals surface area contributed by atoms with Crippen LogP contribution in [0.25, 0.3) is 11.0 Å². The number of nitrogens with one attached hydrogen (secondary N) is 2. The summed E-state index contributed by atoms with van der Waals surface area (Å²) in [7, 11) is 0. The highest BCUT2D eigenvalue weighted by Gasteiger charge is 2.31. The lowest BCUT2D eigenvalue weighted by molar-refractivity contribution is -0.118. The third-order valence-corrected chi connectivity index (χ3v) is 7.30. The van der Waals surface area contributed by atoms with Gasteiger partial charge in [-0.05, 0) is 44.0 Å². The van der Waals surface area contributed by atoms with Crippen molar-refractivity contribution in [2.75, 3.05) is 31.6 Å². The Morgan fingerprint density at radius 3 is 2.92 bits per heavy atom. The number of aromatic nitrogens is 3. The smallest absolute Gasteiger partial charge is 0.263 e. The van der Waals surface area contributed by atoms with E-state index in [1.807, 2.05) is 6.07 Å². The van der Waals surface area contributed by atoms with Crippen molar-refractivity contribution in [3.8, 4) is 5.75 Å². The van der Waals surface area contributed by atoms with Gasteiger partial charge in [0.15, 0.2) is 18.2 Å². The maximum Gasteiger partial charge on any atom is 0.263 e. The Balaban J connectivity index is 0.00000280. The number of hydrogen-bond donors (Lipinski definition) is 3. The fourth-order valence-corrected chi connectivity index (χ4v) is 5.52. The highest BCUT2D eigenvalue weighted by atomic mass is 35.5. The Morgan fingerprint density at radius 1 is 1.22 bits per heavy atom. The number of anilines is 1. The second-order valence-corrected chi connectivity index (χ2v) is 9.64. The Morgan fingerprint density at radius 2 is 2.08 bits per heavy atom. The predicted molar refractivity (Wildman–Crippen MR) is 137 cm³/mol. The zero-order chi connectivity index (χ0) is 24.8. The van der Waals surface area contributed by atoms with Gasteiger partial charge in [-0.2, -0.15) is 0 Å². The minimum absolute atomic E-state index is 0. The van der Waals surface area contributed by atoms with E-state index in [-0.39, 0.29) is 48.4 Å². The molecule has 3 N–H and O–H groups in total. The molecule has 10 nitrogen and oxygen atoms in total. The quantitative estimate of drug-likeness (QED) is 0.452. The van der Waals surface area contributed by atoms with Crippen LogP contribution in [-0.4, -0.2) is 68.8 Å². The number of fused-ring (bicyclic) bond motifs is 1. The van der Waals surface area contributed by atoms with E-state index in [4.69, 9.17) is 4.74 Å². The molecule has 0 bridgehead atoms. The van der Waals surface area contributed by atoms with E-state index in [0.717, 1.165) is 18.7 Å². The standard InChI is InChI=1S/C25H27FN6O4.ClH/c26-17-10-28-19-4-6-23(35)32-15(2-3-16(17)24(19)32)11-31-8-7-18(20(33)12-31)27-9-14-1-5-21-25(29-14)30-22(34)13-36-21;/h1,4-6,10,15,18,20,27,33H,2-3,7-9,11-13H2,(H,29,30,34);1H/t15?,18-,20+;/m0./s1. The molecular weight excluding hydrogens is 503 g/mol. The maximum absolute atomic E-state index is 14.4. The molecule has 0 aromatic carbocycles. The lowest BCUT2D eigenvalue weighted by atomic mass is 9.96. The minimum Gasteiger partial charge on any atom is -0.480 e. The molecule has 37 heavy (non-hydrogen) atoms. The number of halogens is 2. The molecule has 3 aliphatic rings. The van der Waals surface area contributed by atoms with E-state index in [0.29, 0.717) is 60.6 Å². The van der Waals surface area contributed by atoms with Crippen molar-refractivity contribution < 1.29 is 19.0 Å². The van der Waals surface area contributed by atoms with Crippen molar-refractivity contribution in [1.82, 2.24) is 24.8 Å². The molecule has 12 heteroatoms. The number of pyridine rings is 3. The summed E-state index contributed by atoms with van der Waals surface area (Å²) in [6, 6.07) is 6.55. The molecule has 0 spiro atoms. The molecule has 1 saturated heterocycles. The van der Waals surface area contributed by atoms with Gasteiger partial charge in [-0.3, -0.25) is 19.5 Å². The number of nitrogens with zero attached hydrogens (tertiary/aromatic N) is 4. The van der Waals surface area contributed by atoms with Crippen LogP contribution in [0.4, 0.5) is 10.2 Å². The molecule has 3 aromatic rings. The van der Waals surface area contributed by atoms with Crippen molar-refractivity contribution in [2.45, 2.75) is 44.0 Å². The monoisotopic (exact) mass is 530 g/mol. The number of carbonyl (C=O) groups excluding carboxylic acids is 1. The van der Waals surface area contributed by atoms with E-state index >= 15 is 0 Å². The van der Waals surface area contributed by atoms with Gasteiger partial charge < -0.3 is 25.0 Å². The number of carbonyl (C=O) groups is 1. The summed E-state index contributed by atoms with van der Waals surface area (Å²) in [5.74, 6) is 0.357. The first-order chi connectivity index (χ1) is 17.5. The number of hydrogen-bond acceptors (Lipinski definition) is 8. The van der Waals surface area contributed by atoms with Crippen LogP contribution < -0.4 is 20.9 Å². The van der Waals surface area contributed by atoms with Gasteiger partial charge >= 0.3 is 0 Å². The van der Waals surface area contributed by atoms with E-state index in [1.54, 1.807) is 16.7 Å². The van der Waals surface area contributed by atoms with E-state index in [9.17, 15) is 19.1 Å². The van der Waals surface area contributed by atoms with Crippen LogP contribution in [0.15, 0.2) is 35.3 Å². The topological polar surface area (TPSA) is 122 Å². The second-order valence-electron chi connectivity index (χ2n) is 9.64. The third kappa shape index (κ3) is 4.91. The number of aliphatic hydroxyl groups excluding tert-OH is 1. The van der Waals surface area contributed by atoms with Gasteiger partial charge in [-0.1, -0.05) is 0 Å². The van der Waals surface area contributed by atoms with Crippen LogP contribution >= 0.6 is 12.4 Å². The van der Waals surface area contributed by atoms with Crippen LogP contribution in [0.2, 0.25) is 0 Å². The largest absolute Gasteiger partial charge is 0.480 e. The highest BCUT2D eigenvalue weighted by Crippen LogP contribution is 2.31. The summed E-state index contributed by atoms with van der Waals surface area (Å²) in [6.07, 6.45) is 2.57. The summed E-state index contributed by atoms with van der Waals surface area (Å²) in [4.78, 5) is 35.1. The first-order valence-corrected chi connectivity index (χ1v) is 12.2. The predicted octanol–water partition coefficient (Wildman–Crippen LogP) is 1.40. The number of piperidine rings is 1. The fourth-order valence-electron chi connectivity index (χ4n) is 5.52. The van der Waals surface area contributed by atoms with Crippen molar-refractivity contribution in [2.24, 2.45) is 0 Å². The van der Waals surface area contributed by atoms with Crippen molar-refractivity contribution in [1.29, 1.82) is 0 Å². The molecule has 196 valence electrons. The van der Waals surface area contributed by atoms with Gasteiger partial charge in [0, 0.05) is 37.3 Å². The second kappa shape index (κ2) is 10.3. The molecule has 0 aliphatic carbocycles. The summed E-state index contributed by atoms with van der Waals surface area (Å²) in [5, 5.41) is 16.9. The molecule has 1 amide bonds. The summed E-state index contributed by atoms with van der Waals surface area (Å²) < 4.78 is 21.4. The lowest BCUT2D eigenvalue weighted by Gasteiger charge is -2.39. The minimum atomic E-state index is -0.595. The van der Waals surface area contributed by atoms with Crippen molar-refractivity contribution in [3.63, 3.8) is 0 Å². The number of rotatable bonds is 5. The average Bonchev–Trinajstić information content (AvgIpc) is 2.87. The molecule has 0 saturated carbocycles. The zero-order valence-electron chi connectivity index (χ0n) is 20.0. The number of amides is 1. The van der Waals surface area contributed by atoms with Crippen molar-refractivity contribution in [3.05, 3.63) is 57.9 Å². The SMILES string of the molecule is Cl.O=C1COc2ccc(CN[C@H]3CCN(CC4CCc5c(F)cnc6ccc(=O)n4c56)C[C@H]3O)nc2N1. The Hall–Kier alpha value is -3.12. The lowest BCUT2D eigenvalue weighted by Crippen LogP contribution is -2.53. The van der Waals surface area contributed by atoms with Gasteiger partial charge in [0.2, 0.25) is 0 Å². The first-order valence-electron chi connectivity index (χ1n) is 12.2. The first kappa shape index (κ1) is 25.5. The number of likely N-dealkylation sites (tertiary alicyclic amines) is 1.